The monoisotopic (exact) mass is 234 g/mol. The summed E-state index contributed by atoms with van der Waals surface area (Å²) < 4.78 is 5.11. The first-order valence-corrected chi connectivity index (χ1v) is 6.59. The topological polar surface area (TPSA) is 25.4 Å². The molecule has 0 N–H and O–H groups in total. The summed E-state index contributed by atoms with van der Waals surface area (Å²) in [6, 6.07) is 4.68. The Labute approximate surface area is 104 Å². The second kappa shape index (κ2) is 6.01. The first-order chi connectivity index (χ1) is 8.35. The molecule has 0 aromatic carbocycles. The molecule has 17 heavy (non-hydrogen) atoms. The quantitative estimate of drug-likeness (QED) is 0.800. The molecule has 1 fully saturated rings. The van der Waals surface area contributed by atoms with Gasteiger partial charge in [0.25, 0.3) is 0 Å². The van der Waals surface area contributed by atoms with E-state index in [1.807, 2.05) is 12.3 Å². The summed E-state index contributed by atoms with van der Waals surface area (Å²) in [4.78, 5) is 6.91. The number of piperidine rings is 1. The van der Waals surface area contributed by atoms with Gasteiger partial charge < -0.3 is 4.74 Å². The fourth-order valence-electron chi connectivity index (χ4n) is 2.63. The predicted molar refractivity (Wildman–Crippen MR) is 69.2 cm³/mol. The smallest absolute Gasteiger partial charge is 0.212 e. The van der Waals surface area contributed by atoms with Crippen LogP contribution in [0.1, 0.15) is 44.2 Å². The normalized spacial score (nSPS) is 21.4. The maximum Gasteiger partial charge on any atom is 0.212 e. The van der Waals surface area contributed by atoms with Crippen molar-refractivity contribution in [2.75, 3.05) is 20.2 Å². The van der Waals surface area contributed by atoms with Gasteiger partial charge in [-0.05, 0) is 37.9 Å². The standard InChI is InChI=1S/C14H22N2O/c1-3-9-16-10-5-4-6-13(16)12-7-8-14(17-2)15-11-12/h7-8,11,13H,3-6,9-10H2,1-2H3. The number of likely N-dealkylation sites (tertiary alicyclic amines) is 1. The molecule has 0 saturated carbocycles. The van der Waals surface area contributed by atoms with Gasteiger partial charge in [-0.25, -0.2) is 4.98 Å². The second-order valence-corrected chi connectivity index (χ2v) is 4.68. The highest BCUT2D eigenvalue weighted by Gasteiger charge is 2.23. The van der Waals surface area contributed by atoms with E-state index >= 15 is 0 Å². The molecule has 3 heteroatoms. The lowest BCUT2D eigenvalue weighted by molar-refractivity contribution is 0.148. The molecule has 2 rings (SSSR count). The van der Waals surface area contributed by atoms with Crippen LogP contribution in [0.2, 0.25) is 0 Å². The van der Waals surface area contributed by atoms with Crippen LogP contribution in [0.3, 0.4) is 0 Å². The number of ether oxygens (including phenoxy) is 1. The zero-order chi connectivity index (χ0) is 12.1. The van der Waals surface area contributed by atoms with Crippen LogP contribution < -0.4 is 4.74 Å². The van der Waals surface area contributed by atoms with Gasteiger partial charge in [0, 0.05) is 18.3 Å². The predicted octanol–water partition coefficient (Wildman–Crippen LogP) is 3.03. The molecule has 0 spiro atoms. The third kappa shape index (κ3) is 2.97. The number of hydrogen-bond donors (Lipinski definition) is 0. The van der Waals surface area contributed by atoms with E-state index in [0.717, 1.165) is 0 Å². The van der Waals surface area contributed by atoms with Gasteiger partial charge in [-0.15, -0.1) is 0 Å². The van der Waals surface area contributed by atoms with Crippen molar-refractivity contribution >= 4 is 0 Å². The van der Waals surface area contributed by atoms with Gasteiger partial charge in [0.2, 0.25) is 5.88 Å². The lowest BCUT2D eigenvalue weighted by Gasteiger charge is -2.35. The van der Waals surface area contributed by atoms with Gasteiger partial charge in [0.15, 0.2) is 0 Å². The maximum atomic E-state index is 5.11. The van der Waals surface area contributed by atoms with Crippen molar-refractivity contribution in [1.29, 1.82) is 0 Å². The van der Waals surface area contributed by atoms with E-state index in [1.165, 1.54) is 44.3 Å². The summed E-state index contributed by atoms with van der Waals surface area (Å²) >= 11 is 0. The zero-order valence-electron chi connectivity index (χ0n) is 10.9. The molecule has 1 unspecified atom stereocenters. The van der Waals surface area contributed by atoms with Crippen molar-refractivity contribution in [2.24, 2.45) is 0 Å². The molecule has 0 amide bonds. The molecule has 1 atom stereocenters. The Kier molecular flexibility index (Phi) is 4.37. The number of hydrogen-bond acceptors (Lipinski definition) is 3. The maximum absolute atomic E-state index is 5.11. The van der Waals surface area contributed by atoms with Crippen LogP contribution in [-0.4, -0.2) is 30.1 Å². The number of aromatic nitrogens is 1. The molecule has 0 aliphatic carbocycles. The van der Waals surface area contributed by atoms with Gasteiger partial charge in [0.1, 0.15) is 0 Å². The lowest BCUT2D eigenvalue weighted by atomic mass is 9.96. The fourth-order valence-corrected chi connectivity index (χ4v) is 2.63. The molecule has 1 aliphatic rings. The first kappa shape index (κ1) is 12.4. The van der Waals surface area contributed by atoms with Crippen LogP contribution >= 0.6 is 0 Å². The Balaban J connectivity index is 2.11. The summed E-state index contributed by atoms with van der Waals surface area (Å²) in [5.41, 5.74) is 1.33. The molecule has 1 aromatic heterocycles. The van der Waals surface area contributed by atoms with Crippen molar-refractivity contribution in [1.82, 2.24) is 9.88 Å². The Morgan fingerprint density at radius 1 is 1.41 bits per heavy atom. The Bertz CT molecular complexity index is 335. The number of nitrogens with zero attached hydrogens (tertiary/aromatic N) is 2. The average molecular weight is 234 g/mol. The lowest BCUT2D eigenvalue weighted by Crippen LogP contribution is -2.34. The van der Waals surface area contributed by atoms with Gasteiger partial charge in [-0.3, -0.25) is 4.90 Å². The number of methoxy groups -OCH3 is 1. The SMILES string of the molecule is CCCN1CCCCC1c1ccc(OC)nc1. The molecule has 0 bridgehead atoms. The molecule has 1 saturated heterocycles. The van der Waals surface area contributed by atoms with Crippen molar-refractivity contribution in [2.45, 2.75) is 38.6 Å². The molecule has 1 aromatic rings. The zero-order valence-corrected chi connectivity index (χ0v) is 10.9. The van der Waals surface area contributed by atoms with Crippen molar-refractivity contribution in [3.05, 3.63) is 23.9 Å². The molecular weight excluding hydrogens is 212 g/mol. The summed E-state index contributed by atoms with van der Waals surface area (Å²) in [6.45, 7) is 4.67. The minimum atomic E-state index is 0.558. The van der Waals surface area contributed by atoms with E-state index in [1.54, 1.807) is 7.11 Å². The third-order valence-electron chi connectivity index (χ3n) is 3.48. The summed E-state index contributed by atoms with van der Waals surface area (Å²) in [5.74, 6) is 0.701. The number of rotatable bonds is 4. The Morgan fingerprint density at radius 3 is 2.94 bits per heavy atom. The Hall–Kier alpha value is -1.09. The van der Waals surface area contributed by atoms with E-state index in [0.29, 0.717) is 11.9 Å². The summed E-state index contributed by atoms with van der Waals surface area (Å²) in [5, 5.41) is 0. The van der Waals surface area contributed by atoms with Crippen LogP contribution in [0, 0.1) is 0 Å². The van der Waals surface area contributed by atoms with Gasteiger partial charge >= 0.3 is 0 Å². The summed E-state index contributed by atoms with van der Waals surface area (Å²) in [7, 11) is 1.66. The van der Waals surface area contributed by atoms with Crippen molar-refractivity contribution in [3.8, 4) is 5.88 Å². The molecule has 0 radical (unpaired) electrons. The van der Waals surface area contributed by atoms with E-state index in [2.05, 4.69) is 22.9 Å². The van der Waals surface area contributed by atoms with Crippen molar-refractivity contribution in [3.63, 3.8) is 0 Å². The minimum absolute atomic E-state index is 0.558. The fraction of sp³-hybridized carbons (Fsp3) is 0.643. The van der Waals surface area contributed by atoms with Crippen LogP contribution in [0.15, 0.2) is 18.3 Å². The van der Waals surface area contributed by atoms with E-state index in [9.17, 15) is 0 Å². The average Bonchev–Trinajstić information content (AvgIpc) is 2.40. The van der Waals surface area contributed by atoms with E-state index in [-0.39, 0.29) is 0 Å². The molecule has 1 aliphatic heterocycles. The molecule has 3 nitrogen and oxygen atoms in total. The summed E-state index contributed by atoms with van der Waals surface area (Å²) in [6.07, 6.45) is 7.11. The number of pyridine rings is 1. The first-order valence-electron chi connectivity index (χ1n) is 6.59. The van der Waals surface area contributed by atoms with Gasteiger partial charge in [-0.2, -0.15) is 0 Å². The molecular formula is C14H22N2O. The Morgan fingerprint density at radius 2 is 2.29 bits per heavy atom. The second-order valence-electron chi connectivity index (χ2n) is 4.68. The highest BCUT2D eigenvalue weighted by Crippen LogP contribution is 2.30. The van der Waals surface area contributed by atoms with Gasteiger partial charge in [-0.1, -0.05) is 19.4 Å². The van der Waals surface area contributed by atoms with Crippen molar-refractivity contribution < 1.29 is 4.74 Å². The van der Waals surface area contributed by atoms with Crippen LogP contribution in [0.5, 0.6) is 5.88 Å². The highest BCUT2D eigenvalue weighted by molar-refractivity contribution is 5.21. The van der Waals surface area contributed by atoms with Crippen LogP contribution in [-0.2, 0) is 0 Å². The van der Waals surface area contributed by atoms with Crippen LogP contribution in [0.4, 0.5) is 0 Å². The van der Waals surface area contributed by atoms with Gasteiger partial charge in [0.05, 0.1) is 7.11 Å². The van der Waals surface area contributed by atoms with E-state index in [4.69, 9.17) is 4.74 Å². The highest BCUT2D eigenvalue weighted by atomic mass is 16.5. The van der Waals surface area contributed by atoms with Crippen LogP contribution in [0.25, 0.3) is 0 Å². The van der Waals surface area contributed by atoms with E-state index < -0.39 is 0 Å². The molecule has 94 valence electrons. The minimum Gasteiger partial charge on any atom is -0.481 e. The molecule has 2 heterocycles. The largest absolute Gasteiger partial charge is 0.481 e. The third-order valence-corrected chi connectivity index (χ3v) is 3.48.